The second-order valence-corrected chi connectivity index (χ2v) is 7.71. The Morgan fingerprint density at radius 1 is 1.00 bits per heavy atom. The van der Waals surface area contributed by atoms with Crippen molar-refractivity contribution in [3.8, 4) is 0 Å². The van der Waals surface area contributed by atoms with Gasteiger partial charge < -0.3 is 10.6 Å². The van der Waals surface area contributed by atoms with E-state index in [0.29, 0.717) is 0 Å². The Hall–Kier alpha value is -0.540. The van der Waals surface area contributed by atoms with Crippen molar-refractivity contribution < 1.29 is 0 Å². The predicted molar refractivity (Wildman–Crippen MR) is 97.9 cm³/mol. The molecule has 1 aromatic rings. The van der Waals surface area contributed by atoms with Crippen LogP contribution < -0.4 is 10.6 Å². The number of hydrogen-bond acceptors (Lipinski definition) is 2. The van der Waals surface area contributed by atoms with Gasteiger partial charge in [0.1, 0.15) is 0 Å². The number of hydrogen-bond donors (Lipinski definition) is 1. The van der Waals surface area contributed by atoms with Crippen molar-refractivity contribution >= 4 is 21.6 Å². The molecule has 0 saturated carbocycles. The van der Waals surface area contributed by atoms with E-state index >= 15 is 0 Å². The van der Waals surface area contributed by atoms with Crippen LogP contribution in [0.15, 0.2) is 22.7 Å². The first-order chi connectivity index (χ1) is 9.81. The fourth-order valence-corrected chi connectivity index (χ4v) is 2.89. The Labute approximate surface area is 139 Å². The van der Waals surface area contributed by atoms with Crippen molar-refractivity contribution in [3.05, 3.63) is 28.2 Å². The van der Waals surface area contributed by atoms with Crippen molar-refractivity contribution in [2.75, 3.05) is 18.0 Å². The molecule has 1 rings (SSSR count). The first-order valence-corrected chi connectivity index (χ1v) is 8.90. The van der Waals surface area contributed by atoms with Crippen LogP contribution in [0.25, 0.3) is 0 Å². The Bertz CT molecular complexity index is 415. The van der Waals surface area contributed by atoms with Gasteiger partial charge >= 0.3 is 0 Å². The van der Waals surface area contributed by atoms with E-state index in [9.17, 15) is 0 Å². The van der Waals surface area contributed by atoms with Gasteiger partial charge in [-0.2, -0.15) is 0 Å². The van der Waals surface area contributed by atoms with Gasteiger partial charge in [0, 0.05) is 23.6 Å². The summed E-state index contributed by atoms with van der Waals surface area (Å²) in [5, 5.41) is 0. The summed E-state index contributed by atoms with van der Waals surface area (Å²) in [7, 11) is 0. The number of anilines is 1. The molecule has 0 aliphatic heterocycles. The summed E-state index contributed by atoms with van der Waals surface area (Å²) in [5.74, 6) is 1.46. The van der Waals surface area contributed by atoms with Crippen LogP contribution in [0.3, 0.4) is 0 Å². The Morgan fingerprint density at radius 3 is 1.90 bits per heavy atom. The molecule has 0 spiro atoms. The van der Waals surface area contributed by atoms with Crippen LogP contribution in [0, 0.1) is 11.8 Å². The van der Waals surface area contributed by atoms with Gasteiger partial charge in [-0.25, -0.2) is 0 Å². The summed E-state index contributed by atoms with van der Waals surface area (Å²) >= 11 is 3.73. The van der Waals surface area contributed by atoms with E-state index in [4.69, 9.17) is 5.73 Å². The highest BCUT2D eigenvalue weighted by Gasteiger charge is 2.13. The molecule has 0 unspecified atom stereocenters. The molecule has 0 aliphatic rings. The molecule has 1 aromatic carbocycles. The lowest BCUT2D eigenvalue weighted by molar-refractivity contribution is 0.535. The average molecular weight is 355 g/mol. The number of nitrogens with two attached hydrogens (primary N) is 1. The largest absolute Gasteiger partial charge is 0.371 e. The quantitative estimate of drug-likeness (QED) is 0.679. The van der Waals surface area contributed by atoms with E-state index in [0.717, 1.165) is 29.4 Å². The van der Waals surface area contributed by atoms with Crippen LogP contribution in [0.2, 0.25) is 0 Å². The number of nitrogens with zero attached hydrogens (tertiary/aromatic N) is 1. The fraction of sp³-hybridized carbons (Fsp3) is 0.667. The molecule has 0 saturated heterocycles. The lowest BCUT2D eigenvalue weighted by atomic mass is 10.1. The third kappa shape index (κ3) is 6.39. The Kier molecular flexibility index (Phi) is 7.75. The van der Waals surface area contributed by atoms with Crippen LogP contribution in [0.1, 0.15) is 59.1 Å². The van der Waals surface area contributed by atoms with E-state index in [1.807, 2.05) is 6.92 Å². The lowest BCUT2D eigenvalue weighted by Gasteiger charge is -2.28. The molecular formula is C18H31BrN2. The van der Waals surface area contributed by atoms with Gasteiger partial charge in [-0.1, -0.05) is 33.8 Å². The van der Waals surface area contributed by atoms with E-state index in [2.05, 4.69) is 66.7 Å². The molecule has 0 heterocycles. The van der Waals surface area contributed by atoms with Gasteiger partial charge in [-0.05, 0) is 65.2 Å². The van der Waals surface area contributed by atoms with Gasteiger partial charge in [-0.3, -0.25) is 0 Å². The topological polar surface area (TPSA) is 29.3 Å². The first-order valence-electron chi connectivity index (χ1n) is 8.11. The van der Waals surface area contributed by atoms with E-state index in [1.54, 1.807) is 0 Å². The smallest absolute Gasteiger partial charge is 0.0510 e. The number of halogens is 1. The summed E-state index contributed by atoms with van der Waals surface area (Å²) < 4.78 is 1.16. The van der Waals surface area contributed by atoms with Gasteiger partial charge in [0.2, 0.25) is 0 Å². The third-order valence-electron chi connectivity index (χ3n) is 3.79. The van der Waals surface area contributed by atoms with Gasteiger partial charge in [-0.15, -0.1) is 0 Å². The van der Waals surface area contributed by atoms with Crippen molar-refractivity contribution in [1.82, 2.24) is 0 Å². The molecule has 2 N–H and O–H groups in total. The first kappa shape index (κ1) is 18.5. The SMILES string of the molecule is CC(C)CCN(CCC(C)C)c1ccc([C@H](C)N)cc1Br. The highest BCUT2D eigenvalue weighted by molar-refractivity contribution is 9.10. The summed E-state index contributed by atoms with van der Waals surface area (Å²) in [5.41, 5.74) is 8.44. The summed E-state index contributed by atoms with van der Waals surface area (Å²) in [6.07, 6.45) is 2.44. The molecule has 0 bridgehead atoms. The van der Waals surface area contributed by atoms with Gasteiger partial charge in [0.05, 0.1) is 5.69 Å². The standard InChI is InChI=1S/C18H31BrN2/c1-13(2)8-10-21(11-9-14(3)4)18-7-6-16(15(5)20)12-17(18)19/h6-7,12-15H,8-11,20H2,1-5H3/t15-/m0/s1. The second kappa shape index (κ2) is 8.79. The van der Waals surface area contributed by atoms with Crippen LogP contribution in [0.4, 0.5) is 5.69 Å². The van der Waals surface area contributed by atoms with Crippen molar-refractivity contribution in [3.63, 3.8) is 0 Å². The molecule has 0 amide bonds. The van der Waals surface area contributed by atoms with Crippen LogP contribution in [0.5, 0.6) is 0 Å². The molecule has 2 nitrogen and oxygen atoms in total. The Balaban J connectivity index is 2.90. The average Bonchev–Trinajstić information content (AvgIpc) is 2.38. The fourth-order valence-electron chi connectivity index (χ4n) is 2.24. The lowest BCUT2D eigenvalue weighted by Crippen LogP contribution is -2.28. The minimum Gasteiger partial charge on any atom is -0.371 e. The molecule has 0 aliphatic carbocycles. The zero-order valence-corrected chi connectivity index (χ0v) is 15.8. The summed E-state index contributed by atoms with van der Waals surface area (Å²) in [4.78, 5) is 2.51. The maximum atomic E-state index is 5.97. The molecular weight excluding hydrogens is 324 g/mol. The normalized spacial score (nSPS) is 13.0. The van der Waals surface area contributed by atoms with E-state index in [-0.39, 0.29) is 6.04 Å². The van der Waals surface area contributed by atoms with Gasteiger partial charge in [0.25, 0.3) is 0 Å². The number of benzene rings is 1. The number of rotatable bonds is 8. The second-order valence-electron chi connectivity index (χ2n) is 6.85. The monoisotopic (exact) mass is 354 g/mol. The minimum absolute atomic E-state index is 0.0788. The predicted octanol–water partition coefficient (Wildman–Crippen LogP) is 5.37. The minimum atomic E-state index is 0.0788. The molecule has 0 fully saturated rings. The maximum Gasteiger partial charge on any atom is 0.0510 e. The van der Waals surface area contributed by atoms with Crippen molar-refractivity contribution in [2.24, 2.45) is 17.6 Å². The zero-order chi connectivity index (χ0) is 16.0. The van der Waals surface area contributed by atoms with Crippen LogP contribution in [-0.2, 0) is 0 Å². The highest BCUT2D eigenvalue weighted by Crippen LogP contribution is 2.30. The Morgan fingerprint density at radius 2 is 1.52 bits per heavy atom. The van der Waals surface area contributed by atoms with Crippen molar-refractivity contribution in [2.45, 2.75) is 53.5 Å². The van der Waals surface area contributed by atoms with Gasteiger partial charge in [0.15, 0.2) is 0 Å². The van der Waals surface area contributed by atoms with E-state index in [1.165, 1.54) is 24.1 Å². The maximum absolute atomic E-state index is 5.97. The summed E-state index contributed by atoms with van der Waals surface area (Å²) in [6, 6.07) is 6.61. The third-order valence-corrected chi connectivity index (χ3v) is 4.43. The molecule has 120 valence electrons. The molecule has 1 atom stereocenters. The van der Waals surface area contributed by atoms with Crippen LogP contribution >= 0.6 is 15.9 Å². The van der Waals surface area contributed by atoms with Crippen molar-refractivity contribution in [1.29, 1.82) is 0 Å². The zero-order valence-electron chi connectivity index (χ0n) is 14.2. The molecule has 0 aromatic heterocycles. The summed E-state index contributed by atoms with van der Waals surface area (Å²) in [6.45, 7) is 13.4. The highest BCUT2D eigenvalue weighted by atomic mass is 79.9. The molecule has 0 radical (unpaired) electrons. The molecule has 21 heavy (non-hydrogen) atoms. The van der Waals surface area contributed by atoms with Crippen LogP contribution in [-0.4, -0.2) is 13.1 Å². The molecule has 3 heteroatoms. The van der Waals surface area contributed by atoms with E-state index < -0.39 is 0 Å².